The third-order valence-corrected chi connectivity index (χ3v) is 6.56. The SMILES string of the molecule is CCOC(=O)Cc1csc(NC(=O)c2cccc(S(=O)(=O)NCC3CCCO3)c2)n1. The van der Waals surface area contributed by atoms with Gasteiger partial charge < -0.3 is 9.47 Å². The molecule has 162 valence electrons. The first-order chi connectivity index (χ1) is 14.4. The van der Waals surface area contributed by atoms with Crippen molar-refractivity contribution in [2.24, 2.45) is 0 Å². The zero-order chi connectivity index (χ0) is 21.6. The number of hydrogen-bond donors (Lipinski definition) is 2. The molecule has 1 aromatic carbocycles. The largest absolute Gasteiger partial charge is 0.466 e. The number of thiazole rings is 1. The number of ether oxygens (including phenoxy) is 2. The van der Waals surface area contributed by atoms with Crippen molar-refractivity contribution in [3.63, 3.8) is 0 Å². The number of carbonyl (C=O) groups is 2. The Labute approximate surface area is 178 Å². The maximum absolute atomic E-state index is 12.5. The lowest BCUT2D eigenvalue weighted by atomic mass is 10.2. The Morgan fingerprint density at radius 3 is 2.93 bits per heavy atom. The van der Waals surface area contributed by atoms with Crippen LogP contribution in [0.2, 0.25) is 0 Å². The van der Waals surface area contributed by atoms with Crippen molar-refractivity contribution in [3.8, 4) is 0 Å². The van der Waals surface area contributed by atoms with Gasteiger partial charge in [-0.15, -0.1) is 11.3 Å². The van der Waals surface area contributed by atoms with Crippen LogP contribution < -0.4 is 10.0 Å². The van der Waals surface area contributed by atoms with E-state index < -0.39 is 21.9 Å². The monoisotopic (exact) mass is 453 g/mol. The minimum absolute atomic E-state index is 0.00436. The maximum Gasteiger partial charge on any atom is 0.311 e. The first kappa shape index (κ1) is 22.3. The van der Waals surface area contributed by atoms with Crippen LogP contribution in [0.15, 0.2) is 34.5 Å². The number of sulfonamides is 1. The summed E-state index contributed by atoms with van der Waals surface area (Å²) < 4.78 is 37.9. The number of anilines is 1. The molecule has 0 radical (unpaired) electrons. The van der Waals surface area contributed by atoms with Crippen molar-refractivity contribution in [1.82, 2.24) is 9.71 Å². The van der Waals surface area contributed by atoms with Crippen LogP contribution in [0.25, 0.3) is 0 Å². The van der Waals surface area contributed by atoms with Crippen LogP contribution in [0, 0.1) is 0 Å². The number of esters is 1. The Balaban J connectivity index is 1.63. The Hall–Kier alpha value is -2.34. The molecule has 0 saturated carbocycles. The minimum atomic E-state index is -3.77. The van der Waals surface area contributed by atoms with E-state index >= 15 is 0 Å². The molecule has 0 aliphatic carbocycles. The Kier molecular flexibility index (Phi) is 7.53. The quantitative estimate of drug-likeness (QED) is 0.556. The highest BCUT2D eigenvalue weighted by Crippen LogP contribution is 2.19. The summed E-state index contributed by atoms with van der Waals surface area (Å²) in [5.74, 6) is -0.891. The summed E-state index contributed by atoms with van der Waals surface area (Å²) in [4.78, 5) is 28.2. The van der Waals surface area contributed by atoms with Gasteiger partial charge in [0, 0.05) is 24.1 Å². The fourth-order valence-corrected chi connectivity index (χ4v) is 4.69. The molecule has 11 heteroatoms. The molecule has 1 aliphatic heterocycles. The second-order valence-corrected chi connectivity index (χ2v) is 9.22. The van der Waals surface area contributed by atoms with Crippen molar-refractivity contribution < 1.29 is 27.5 Å². The zero-order valence-electron chi connectivity index (χ0n) is 16.4. The van der Waals surface area contributed by atoms with E-state index in [0.717, 1.165) is 12.8 Å². The second-order valence-electron chi connectivity index (χ2n) is 6.59. The van der Waals surface area contributed by atoms with E-state index in [2.05, 4.69) is 15.0 Å². The van der Waals surface area contributed by atoms with Crippen molar-refractivity contribution in [3.05, 3.63) is 40.9 Å². The number of hydrogen-bond acceptors (Lipinski definition) is 8. The Morgan fingerprint density at radius 2 is 2.20 bits per heavy atom. The van der Waals surface area contributed by atoms with Crippen molar-refractivity contribution in [2.75, 3.05) is 25.1 Å². The molecule has 1 unspecified atom stereocenters. The van der Waals surface area contributed by atoms with Gasteiger partial charge in [-0.05, 0) is 38.0 Å². The third kappa shape index (κ3) is 6.08. The molecule has 2 heterocycles. The first-order valence-corrected chi connectivity index (χ1v) is 11.9. The molecule has 3 rings (SSSR count). The summed E-state index contributed by atoms with van der Waals surface area (Å²) in [5, 5.41) is 4.58. The van der Waals surface area contributed by atoms with Crippen LogP contribution in [0.3, 0.4) is 0 Å². The van der Waals surface area contributed by atoms with E-state index in [9.17, 15) is 18.0 Å². The number of rotatable bonds is 9. The van der Waals surface area contributed by atoms with Crippen LogP contribution in [-0.2, 0) is 30.7 Å². The van der Waals surface area contributed by atoms with Crippen LogP contribution in [0.5, 0.6) is 0 Å². The number of amides is 1. The van der Waals surface area contributed by atoms with Gasteiger partial charge in [-0.1, -0.05) is 6.07 Å². The lowest BCUT2D eigenvalue weighted by Gasteiger charge is -2.12. The Bertz CT molecular complexity index is 999. The summed E-state index contributed by atoms with van der Waals surface area (Å²) in [6, 6.07) is 5.75. The van der Waals surface area contributed by atoms with Crippen molar-refractivity contribution >= 4 is 38.4 Å². The fraction of sp³-hybridized carbons (Fsp3) is 0.421. The molecule has 2 aromatic rings. The summed E-state index contributed by atoms with van der Waals surface area (Å²) >= 11 is 1.17. The van der Waals surface area contributed by atoms with E-state index in [1.807, 2.05) is 0 Å². The molecule has 1 amide bonds. The molecule has 0 bridgehead atoms. The first-order valence-electron chi connectivity index (χ1n) is 9.50. The molecule has 0 spiro atoms. The lowest BCUT2D eigenvalue weighted by molar-refractivity contribution is -0.142. The van der Waals surface area contributed by atoms with Crippen LogP contribution in [-0.4, -0.2) is 51.1 Å². The van der Waals surface area contributed by atoms with Gasteiger partial charge in [0.2, 0.25) is 10.0 Å². The average molecular weight is 454 g/mol. The topological polar surface area (TPSA) is 124 Å². The van der Waals surface area contributed by atoms with E-state index in [1.165, 1.54) is 35.6 Å². The molecule has 30 heavy (non-hydrogen) atoms. The van der Waals surface area contributed by atoms with Gasteiger partial charge in [0.05, 0.1) is 29.7 Å². The second kappa shape index (κ2) is 10.1. The number of nitrogens with one attached hydrogen (secondary N) is 2. The van der Waals surface area contributed by atoms with Gasteiger partial charge in [-0.25, -0.2) is 18.1 Å². The number of benzene rings is 1. The molecule has 2 N–H and O–H groups in total. The van der Waals surface area contributed by atoms with Gasteiger partial charge in [-0.2, -0.15) is 0 Å². The fourth-order valence-electron chi connectivity index (χ4n) is 2.87. The minimum Gasteiger partial charge on any atom is -0.466 e. The lowest BCUT2D eigenvalue weighted by Crippen LogP contribution is -2.32. The van der Waals surface area contributed by atoms with E-state index in [4.69, 9.17) is 9.47 Å². The van der Waals surface area contributed by atoms with Crippen LogP contribution >= 0.6 is 11.3 Å². The van der Waals surface area contributed by atoms with Gasteiger partial charge in [0.25, 0.3) is 5.91 Å². The van der Waals surface area contributed by atoms with E-state index in [0.29, 0.717) is 17.4 Å². The smallest absolute Gasteiger partial charge is 0.311 e. The molecule has 1 atom stereocenters. The van der Waals surface area contributed by atoms with E-state index in [1.54, 1.807) is 12.3 Å². The molecular formula is C19H23N3O6S2. The van der Waals surface area contributed by atoms with Crippen LogP contribution in [0.4, 0.5) is 5.13 Å². The number of nitrogens with zero attached hydrogens (tertiary/aromatic N) is 1. The highest BCUT2D eigenvalue weighted by Gasteiger charge is 2.21. The highest BCUT2D eigenvalue weighted by atomic mass is 32.2. The molecule has 9 nitrogen and oxygen atoms in total. The molecule has 1 saturated heterocycles. The van der Waals surface area contributed by atoms with Gasteiger partial charge in [-0.3, -0.25) is 14.9 Å². The molecule has 1 aliphatic rings. The van der Waals surface area contributed by atoms with Gasteiger partial charge >= 0.3 is 5.97 Å². The van der Waals surface area contributed by atoms with E-state index in [-0.39, 0.29) is 36.1 Å². The summed E-state index contributed by atoms with van der Waals surface area (Å²) in [6.45, 7) is 2.84. The van der Waals surface area contributed by atoms with Gasteiger partial charge in [0.1, 0.15) is 0 Å². The highest BCUT2D eigenvalue weighted by molar-refractivity contribution is 7.89. The molecular weight excluding hydrogens is 430 g/mol. The predicted molar refractivity (Wildman–Crippen MR) is 111 cm³/mol. The average Bonchev–Trinajstić information content (AvgIpc) is 3.39. The maximum atomic E-state index is 12.5. The number of carbonyl (C=O) groups excluding carboxylic acids is 2. The summed E-state index contributed by atoms with van der Waals surface area (Å²) in [7, 11) is -3.77. The molecule has 1 aromatic heterocycles. The Morgan fingerprint density at radius 1 is 1.37 bits per heavy atom. The van der Waals surface area contributed by atoms with Crippen LogP contribution in [0.1, 0.15) is 35.8 Å². The predicted octanol–water partition coefficient (Wildman–Crippen LogP) is 1.96. The summed E-state index contributed by atoms with van der Waals surface area (Å²) in [5.41, 5.74) is 0.667. The standard InChI is InChI=1S/C19H23N3O6S2/c1-2-27-17(23)10-14-12-29-19(21-14)22-18(24)13-5-3-7-16(9-13)30(25,26)20-11-15-6-4-8-28-15/h3,5,7,9,12,15,20H,2,4,6,8,10-11H2,1H3,(H,21,22,24). The van der Waals surface area contributed by atoms with Gasteiger partial charge in [0.15, 0.2) is 5.13 Å². The van der Waals surface area contributed by atoms with Crippen molar-refractivity contribution in [1.29, 1.82) is 0 Å². The normalized spacial score (nSPS) is 16.4. The molecule has 1 fully saturated rings. The number of aromatic nitrogens is 1. The summed E-state index contributed by atoms with van der Waals surface area (Å²) in [6.07, 6.45) is 1.63. The third-order valence-electron chi connectivity index (χ3n) is 4.33. The van der Waals surface area contributed by atoms with Crippen molar-refractivity contribution in [2.45, 2.75) is 37.2 Å². The zero-order valence-corrected chi connectivity index (χ0v) is 18.1.